The Morgan fingerprint density at radius 3 is 2.65 bits per heavy atom. The Bertz CT molecular complexity index is 438. The summed E-state index contributed by atoms with van der Waals surface area (Å²) in [6.07, 6.45) is -0.906. The molecule has 0 N–H and O–H groups in total. The molecule has 2 aliphatic rings. The molecule has 6 nitrogen and oxygen atoms in total. The maximum absolute atomic E-state index is 11.3. The summed E-state index contributed by atoms with van der Waals surface area (Å²) >= 11 is 1.56. The van der Waals surface area contributed by atoms with E-state index in [0.717, 1.165) is 5.04 Å². The second kappa shape index (κ2) is 6.13. The first-order valence-corrected chi connectivity index (χ1v) is 7.43. The third-order valence-corrected chi connectivity index (χ3v) is 4.45. The van der Waals surface area contributed by atoms with E-state index in [2.05, 4.69) is 4.99 Å². The highest BCUT2D eigenvalue weighted by atomic mass is 32.2. The van der Waals surface area contributed by atoms with E-state index in [4.69, 9.17) is 14.2 Å². The molecule has 0 aromatic heterocycles. The maximum Gasteiger partial charge on any atom is 0.303 e. The van der Waals surface area contributed by atoms with E-state index < -0.39 is 12.2 Å². The molecule has 2 aliphatic heterocycles. The minimum Gasteiger partial charge on any atom is -0.463 e. The van der Waals surface area contributed by atoms with Crippen LogP contribution in [0.15, 0.2) is 4.99 Å². The zero-order valence-electron chi connectivity index (χ0n) is 12.0. The molecule has 0 aliphatic carbocycles. The summed E-state index contributed by atoms with van der Waals surface area (Å²) < 4.78 is 16.3. The Hall–Kier alpha value is -1.08. The quantitative estimate of drug-likeness (QED) is 0.733. The molecule has 7 heteroatoms. The zero-order valence-corrected chi connectivity index (χ0v) is 12.8. The number of esters is 2. The molecule has 2 rings (SSSR count). The highest BCUT2D eigenvalue weighted by Gasteiger charge is 2.48. The fourth-order valence-electron chi connectivity index (χ4n) is 2.50. The van der Waals surface area contributed by atoms with Crippen molar-refractivity contribution in [1.29, 1.82) is 0 Å². The molecule has 5 atom stereocenters. The highest BCUT2D eigenvalue weighted by Crippen LogP contribution is 2.40. The highest BCUT2D eigenvalue weighted by molar-refractivity contribution is 8.14. The lowest BCUT2D eigenvalue weighted by atomic mass is 9.90. The average Bonchev–Trinajstić information content (AvgIpc) is 2.71. The molecule has 0 bridgehead atoms. The molecule has 0 aromatic carbocycles. The molecule has 0 radical (unpaired) electrons. The number of fused-ring (bicyclic) bond motifs is 1. The van der Waals surface area contributed by atoms with Gasteiger partial charge in [0.25, 0.3) is 0 Å². The van der Waals surface area contributed by atoms with Gasteiger partial charge in [-0.15, -0.1) is 0 Å². The van der Waals surface area contributed by atoms with Crippen molar-refractivity contribution in [3.8, 4) is 0 Å². The van der Waals surface area contributed by atoms with Crippen LogP contribution < -0.4 is 0 Å². The number of rotatable bonds is 3. The van der Waals surface area contributed by atoms with Crippen LogP contribution in [0.25, 0.3) is 0 Å². The molecule has 0 spiro atoms. The third kappa shape index (κ3) is 3.32. The summed E-state index contributed by atoms with van der Waals surface area (Å²) in [5, 5.41) is 0.960. The van der Waals surface area contributed by atoms with Gasteiger partial charge in [-0.25, -0.2) is 0 Å². The molecule has 2 heterocycles. The van der Waals surface area contributed by atoms with Crippen molar-refractivity contribution in [2.45, 2.75) is 51.4 Å². The van der Waals surface area contributed by atoms with Gasteiger partial charge in [0.15, 0.2) is 0 Å². The number of carbonyl (C=O) groups excluding carboxylic acids is 2. The standard InChI is InChI=1S/C13H19NO5S/c1-6-11-13(20-7(2)14-11)19-10(5-17-8(3)15)12(6)18-9(4)16/h6,10-13H,5H2,1-4H3. The third-order valence-electron chi connectivity index (χ3n) is 3.38. The van der Waals surface area contributed by atoms with E-state index in [1.165, 1.54) is 13.8 Å². The van der Waals surface area contributed by atoms with Crippen LogP contribution >= 0.6 is 11.8 Å². The van der Waals surface area contributed by atoms with Gasteiger partial charge in [0, 0.05) is 19.8 Å². The van der Waals surface area contributed by atoms with Crippen LogP contribution in [-0.4, -0.2) is 47.3 Å². The second-order valence-electron chi connectivity index (χ2n) is 5.04. The van der Waals surface area contributed by atoms with Crippen LogP contribution in [0, 0.1) is 5.92 Å². The minimum absolute atomic E-state index is 0.0168. The Morgan fingerprint density at radius 2 is 2.05 bits per heavy atom. The Morgan fingerprint density at radius 1 is 1.35 bits per heavy atom. The topological polar surface area (TPSA) is 74.2 Å². The molecular formula is C13H19NO5S. The fourth-order valence-corrected chi connectivity index (χ4v) is 3.67. The summed E-state index contributed by atoms with van der Waals surface area (Å²) in [6.45, 7) is 6.70. The van der Waals surface area contributed by atoms with E-state index in [1.54, 1.807) is 11.8 Å². The Kier molecular flexibility index (Phi) is 4.70. The number of aliphatic imine (C=N–C) groups is 1. The van der Waals surface area contributed by atoms with Gasteiger partial charge in [-0.1, -0.05) is 18.7 Å². The Labute approximate surface area is 122 Å². The van der Waals surface area contributed by atoms with E-state index in [0.29, 0.717) is 0 Å². The van der Waals surface area contributed by atoms with Crippen molar-refractivity contribution in [3.05, 3.63) is 0 Å². The van der Waals surface area contributed by atoms with E-state index in [-0.39, 0.29) is 35.9 Å². The first-order valence-electron chi connectivity index (χ1n) is 6.55. The summed E-state index contributed by atoms with van der Waals surface area (Å²) in [5.41, 5.74) is -0.0997. The summed E-state index contributed by atoms with van der Waals surface area (Å²) in [4.78, 5) is 26.8. The predicted molar refractivity (Wildman–Crippen MR) is 74.5 cm³/mol. The van der Waals surface area contributed by atoms with Crippen LogP contribution in [0.1, 0.15) is 27.7 Å². The smallest absolute Gasteiger partial charge is 0.303 e. The fraction of sp³-hybridized carbons (Fsp3) is 0.769. The largest absolute Gasteiger partial charge is 0.463 e. The van der Waals surface area contributed by atoms with Gasteiger partial charge in [0.05, 0.1) is 11.1 Å². The van der Waals surface area contributed by atoms with Crippen molar-refractivity contribution >= 4 is 28.7 Å². The van der Waals surface area contributed by atoms with E-state index >= 15 is 0 Å². The molecule has 0 saturated carbocycles. The maximum atomic E-state index is 11.3. The Balaban J connectivity index is 2.12. The summed E-state index contributed by atoms with van der Waals surface area (Å²) in [6, 6.07) is -0.0297. The number of thioether (sulfide) groups is 1. The van der Waals surface area contributed by atoms with Gasteiger partial charge in [0.2, 0.25) is 0 Å². The van der Waals surface area contributed by atoms with Crippen LogP contribution in [0.2, 0.25) is 0 Å². The van der Waals surface area contributed by atoms with Crippen molar-refractivity contribution < 1.29 is 23.8 Å². The van der Waals surface area contributed by atoms with Crippen LogP contribution in [0.4, 0.5) is 0 Å². The molecule has 5 unspecified atom stereocenters. The van der Waals surface area contributed by atoms with Gasteiger partial charge in [-0.3, -0.25) is 14.6 Å². The number of hydrogen-bond acceptors (Lipinski definition) is 7. The van der Waals surface area contributed by atoms with Crippen molar-refractivity contribution in [2.24, 2.45) is 10.9 Å². The number of nitrogens with zero attached hydrogens (tertiary/aromatic N) is 1. The SMILES string of the molecule is CC(=O)OCC1OC2SC(C)=NC2C(C)C1OC(C)=O. The molecule has 1 fully saturated rings. The number of carbonyl (C=O) groups is 2. The van der Waals surface area contributed by atoms with Crippen molar-refractivity contribution in [3.63, 3.8) is 0 Å². The van der Waals surface area contributed by atoms with Gasteiger partial charge in [0.1, 0.15) is 24.3 Å². The lowest BCUT2D eigenvalue weighted by Crippen LogP contribution is -2.53. The normalized spacial score (nSPS) is 36.0. The summed E-state index contributed by atoms with van der Waals surface area (Å²) in [5.74, 6) is -0.734. The molecular weight excluding hydrogens is 282 g/mol. The molecule has 20 heavy (non-hydrogen) atoms. The van der Waals surface area contributed by atoms with Gasteiger partial charge < -0.3 is 14.2 Å². The second-order valence-corrected chi connectivity index (χ2v) is 6.33. The summed E-state index contributed by atoms with van der Waals surface area (Å²) in [7, 11) is 0. The zero-order chi connectivity index (χ0) is 14.9. The van der Waals surface area contributed by atoms with Gasteiger partial charge in [-0.2, -0.15) is 0 Å². The van der Waals surface area contributed by atoms with E-state index in [9.17, 15) is 9.59 Å². The first kappa shape index (κ1) is 15.3. The number of hydrogen-bond donors (Lipinski definition) is 0. The van der Waals surface area contributed by atoms with Crippen LogP contribution in [-0.2, 0) is 23.8 Å². The molecule has 1 saturated heterocycles. The lowest BCUT2D eigenvalue weighted by Gasteiger charge is -2.40. The minimum atomic E-state index is -0.455. The molecule has 0 amide bonds. The van der Waals surface area contributed by atoms with Gasteiger partial charge >= 0.3 is 11.9 Å². The first-order chi connectivity index (χ1) is 9.38. The average molecular weight is 301 g/mol. The predicted octanol–water partition coefficient (Wildman–Crippen LogP) is 1.38. The number of ether oxygens (including phenoxy) is 3. The molecule has 112 valence electrons. The molecule has 0 aromatic rings. The van der Waals surface area contributed by atoms with E-state index in [1.807, 2.05) is 13.8 Å². The van der Waals surface area contributed by atoms with Crippen LogP contribution in [0.5, 0.6) is 0 Å². The van der Waals surface area contributed by atoms with Crippen molar-refractivity contribution in [1.82, 2.24) is 0 Å². The van der Waals surface area contributed by atoms with Crippen LogP contribution in [0.3, 0.4) is 0 Å². The lowest BCUT2D eigenvalue weighted by molar-refractivity contribution is -0.184. The monoisotopic (exact) mass is 301 g/mol. The van der Waals surface area contributed by atoms with Gasteiger partial charge in [-0.05, 0) is 6.92 Å². The van der Waals surface area contributed by atoms with Crippen molar-refractivity contribution in [2.75, 3.05) is 6.61 Å².